The molecule has 0 N–H and O–H groups in total. The third-order valence-electron chi connectivity index (χ3n) is 2.24. The number of hydrogen-bond acceptors (Lipinski definition) is 1. The quantitative estimate of drug-likeness (QED) is 0.590. The molecule has 4 heteroatoms. The van der Waals surface area contributed by atoms with Gasteiger partial charge in [-0.05, 0) is 29.3 Å². The minimum atomic E-state index is -0.257. The summed E-state index contributed by atoms with van der Waals surface area (Å²) in [5.41, 5.74) is 2.69. The molecule has 0 aliphatic carbocycles. The molecule has 2 aromatic rings. The first-order valence-electron chi connectivity index (χ1n) is 4.67. The molecule has 0 aliphatic heterocycles. The first kappa shape index (κ1) is 11.6. The molecular formula is C12H8BrClFN. The van der Waals surface area contributed by atoms with Crippen LogP contribution in [0.25, 0.3) is 11.1 Å². The number of hydrogen-bond donors (Lipinski definition) is 0. The molecule has 2 rings (SSSR count). The van der Waals surface area contributed by atoms with Crippen LogP contribution in [0.1, 0.15) is 5.56 Å². The number of nitrogens with zero attached hydrogens (tertiary/aromatic N) is 1. The Balaban J connectivity index is 2.55. The molecule has 82 valence electrons. The summed E-state index contributed by atoms with van der Waals surface area (Å²) in [6.07, 6.45) is 1.66. The third kappa shape index (κ3) is 2.42. The van der Waals surface area contributed by atoms with Crippen molar-refractivity contribution >= 4 is 27.5 Å². The lowest BCUT2D eigenvalue weighted by molar-refractivity contribution is 0.628. The van der Waals surface area contributed by atoms with Crippen molar-refractivity contribution in [3.8, 4) is 11.1 Å². The Morgan fingerprint density at radius 2 is 2.12 bits per heavy atom. The second-order valence-electron chi connectivity index (χ2n) is 3.31. The minimum absolute atomic E-state index is 0.257. The monoisotopic (exact) mass is 299 g/mol. The van der Waals surface area contributed by atoms with Crippen LogP contribution in [0.15, 0.2) is 36.5 Å². The van der Waals surface area contributed by atoms with Crippen LogP contribution in [0.5, 0.6) is 0 Å². The Hall–Kier alpha value is -0.930. The molecule has 0 saturated heterocycles. The Morgan fingerprint density at radius 3 is 2.81 bits per heavy atom. The van der Waals surface area contributed by atoms with Crippen LogP contribution in [0.4, 0.5) is 4.39 Å². The van der Waals surface area contributed by atoms with Crippen molar-refractivity contribution in [1.29, 1.82) is 0 Å². The standard InChI is InChI=1S/C12H8BrClFN/c13-6-9-5-12(14)16-7-11(9)8-2-1-3-10(15)4-8/h1-5,7H,6H2. The third-order valence-corrected chi connectivity index (χ3v) is 3.05. The molecule has 1 nitrogen and oxygen atoms in total. The first-order chi connectivity index (χ1) is 7.70. The summed E-state index contributed by atoms with van der Waals surface area (Å²) in [6, 6.07) is 8.20. The van der Waals surface area contributed by atoms with Crippen molar-refractivity contribution in [1.82, 2.24) is 4.98 Å². The molecule has 0 unspecified atom stereocenters. The molecule has 0 atom stereocenters. The summed E-state index contributed by atoms with van der Waals surface area (Å²) < 4.78 is 13.1. The highest BCUT2D eigenvalue weighted by Gasteiger charge is 2.06. The highest BCUT2D eigenvalue weighted by molar-refractivity contribution is 9.08. The van der Waals surface area contributed by atoms with Gasteiger partial charge in [-0.3, -0.25) is 0 Å². The van der Waals surface area contributed by atoms with Gasteiger partial charge in [0.15, 0.2) is 0 Å². The van der Waals surface area contributed by atoms with E-state index in [1.165, 1.54) is 12.1 Å². The molecule has 1 aromatic heterocycles. The number of benzene rings is 1. The van der Waals surface area contributed by atoms with Crippen LogP contribution >= 0.6 is 27.5 Å². The Morgan fingerprint density at radius 1 is 1.31 bits per heavy atom. The van der Waals surface area contributed by atoms with Crippen molar-refractivity contribution in [3.63, 3.8) is 0 Å². The van der Waals surface area contributed by atoms with E-state index < -0.39 is 0 Å². The topological polar surface area (TPSA) is 12.9 Å². The van der Waals surface area contributed by atoms with E-state index in [2.05, 4.69) is 20.9 Å². The number of halogens is 3. The van der Waals surface area contributed by atoms with Gasteiger partial charge in [-0.1, -0.05) is 39.7 Å². The second kappa shape index (κ2) is 4.93. The molecule has 0 aliphatic rings. The maximum atomic E-state index is 13.1. The highest BCUT2D eigenvalue weighted by atomic mass is 79.9. The van der Waals surface area contributed by atoms with Crippen LogP contribution in [-0.2, 0) is 5.33 Å². The summed E-state index contributed by atoms with van der Waals surface area (Å²) in [7, 11) is 0. The number of pyridine rings is 1. The molecule has 0 spiro atoms. The fourth-order valence-electron chi connectivity index (χ4n) is 1.49. The average molecular weight is 301 g/mol. The molecule has 0 amide bonds. The van der Waals surface area contributed by atoms with Gasteiger partial charge in [0, 0.05) is 17.1 Å². The number of alkyl halides is 1. The van der Waals surface area contributed by atoms with Crippen LogP contribution in [0, 0.1) is 5.82 Å². The van der Waals surface area contributed by atoms with E-state index in [1.807, 2.05) is 6.07 Å². The van der Waals surface area contributed by atoms with Crippen LogP contribution in [0.3, 0.4) is 0 Å². The number of aromatic nitrogens is 1. The summed E-state index contributed by atoms with van der Waals surface area (Å²) in [6.45, 7) is 0. The van der Waals surface area contributed by atoms with Crippen LogP contribution in [-0.4, -0.2) is 4.98 Å². The van der Waals surface area contributed by atoms with E-state index in [4.69, 9.17) is 11.6 Å². The van der Waals surface area contributed by atoms with Gasteiger partial charge in [0.25, 0.3) is 0 Å². The van der Waals surface area contributed by atoms with E-state index in [0.29, 0.717) is 10.5 Å². The fourth-order valence-corrected chi connectivity index (χ4v) is 2.14. The lowest BCUT2D eigenvalue weighted by Crippen LogP contribution is -1.89. The average Bonchev–Trinajstić information content (AvgIpc) is 2.28. The molecule has 0 radical (unpaired) electrons. The van der Waals surface area contributed by atoms with Gasteiger partial charge >= 0.3 is 0 Å². The molecule has 16 heavy (non-hydrogen) atoms. The van der Waals surface area contributed by atoms with Gasteiger partial charge in [0.2, 0.25) is 0 Å². The lowest BCUT2D eigenvalue weighted by atomic mass is 10.0. The summed E-state index contributed by atoms with van der Waals surface area (Å²) in [4.78, 5) is 4.02. The highest BCUT2D eigenvalue weighted by Crippen LogP contribution is 2.26. The van der Waals surface area contributed by atoms with Crippen molar-refractivity contribution in [3.05, 3.63) is 53.1 Å². The zero-order valence-corrected chi connectivity index (χ0v) is 10.6. The van der Waals surface area contributed by atoms with E-state index in [0.717, 1.165) is 16.7 Å². The largest absolute Gasteiger partial charge is 0.244 e. The van der Waals surface area contributed by atoms with E-state index in [-0.39, 0.29) is 5.82 Å². The van der Waals surface area contributed by atoms with E-state index in [1.54, 1.807) is 18.3 Å². The zero-order chi connectivity index (χ0) is 11.5. The van der Waals surface area contributed by atoms with Gasteiger partial charge < -0.3 is 0 Å². The molecule has 0 bridgehead atoms. The zero-order valence-electron chi connectivity index (χ0n) is 8.25. The van der Waals surface area contributed by atoms with Crippen LogP contribution < -0.4 is 0 Å². The van der Waals surface area contributed by atoms with Crippen molar-refractivity contribution < 1.29 is 4.39 Å². The minimum Gasteiger partial charge on any atom is -0.244 e. The van der Waals surface area contributed by atoms with Gasteiger partial charge in [0.1, 0.15) is 11.0 Å². The first-order valence-corrected chi connectivity index (χ1v) is 6.17. The van der Waals surface area contributed by atoms with Gasteiger partial charge in [-0.2, -0.15) is 0 Å². The SMILES string of the molecule is Fc1cccc(-c2cnc(Cl)cc2CBr)c1. The predicted octanol–water partition coefficient (Wildman–Crippen LogP) is 4.44. The maximum absolute atomic E-state index is 13.1. The van der Waals surface area contributed by atoms with E-state index in [9.17, 15) is 4.39 Å². The Bertz CT molecular complexity index is 516. The van der Waals surface area contributed by atoms with Crippen LogP contribution in [0.2, 0.25) is 5.15 Å². The molecular weight excluding hydrogens is 292 g/mol. The number of rotatable bonds is 2. The van der Waals surface area contributed by atoms with Crippen molar-refractivity contribution in [2.45, 2.75) is 5.33 Å². The summed E-state index contributed by atoms with van der Waals surface area (Å²) >= 11 is 9.19. The van der Waals surface area contributed by atoms with E-state index >= 15 is 0 Å². The van der Waals surface area contributed by atoms with Crippen molar-refractivity contribution in [2.24, 2.45) is 0 Å². The summed E-state index contributed by atoms with van der Waals surface area (Å²) in [5, 5.41) is 1.09. The molecule has 0 saturated carbocycles. The maximum Gasteiger partial charge on any atom is 0.129 e. The summed E-state index contributed by atoms with van der Waals surface area (Å²) in [5.74, 6) is -0.257. The lowest BCUT2D eigenvalue weighted by Gasteiger charge is -2.07. The smallest absolute Gasteiger partial charge is 0.129 e. The molecule has 0 fully saturated rings. The van der Waals surface area contributed by atoms with Gasteiger partial charge in [0.05, 0.1) is 0 Å². The fraction of sp³-hybridized carbons (Fsp3) is 0.0833. The van der Waals surface area contributed by atoms with Crippen molar-refractivity contribution in [2.75, 3.05) is 0 Å². The second-order valence-corrected chi connectivity index (χ2v) is 4.26. The Kier molecular flexibility index (Phi) is 3.56. The Labute approximate surface area is 106 Å². The van der Waals surface area contributed by atoms with Gasteiger partial charge in [-0.25, -0.2) is 9.37 Å². The normalized spacial score (nSPS) is 10.4. The van der Waals surface area contributed by atoms with Gasteiger partial charge in [-0.15, -0.1) is 0 Å². The molecule has 1 aromatic carbocycles. The predicted molar refractivity (Wildman–Crippen MR) is 67.3 cm³/mol. The molecule has 1 heterocycles.